The van der Waals surface area contributed by atoms with Crippen LogP contribution >= 0.6 is 23.1 Å². The minimum Gasteiger partial charge on any atom is -0.496 e. The third kappa shape index (κ3) is 8.39. The molecule has 0 aliphatic rings. The van der Waals surface area contributed by atoms with E-state index in [2.05, 4.69) is 22.0 Å². The Hall–Kier alpha value is -5.63. The molecule has 10 heteroatoms. The molecule has 0 radical (unpaired) electrons. The van der Waals surface area contributed by atoms with E-state index in [0.717, 1.165) is 16.0 Å². The van der Waals surface area contributed by atoms with Gasteiger partial charge in [-0.15, -0.1) is 23.1 Å². The second kappa shape index (κ2) is 16.3. The number of anilines is 2. The molecule has 0 aliphatic heterocycles. The molecule has 0 spiro atoms. The van der Waals surface area contributed by atoms with Gasteiger partial charge < -0.3 is 20.7 Å². The van der Waals surface area contributed by atoms with Crippen LogP contribution in [-0.2, 0) is 9.59 Å². The number of nitriles is 1. The minimum atomic E-state index is -0.534. The first-order valence-corrected chi connectivity index (χ1v) is 16.8. The topological polar surface area (TPSA) is 120 Å². The number of hydrogen-bond donors (Lipinski definition) is 3. The first kappa shape index (κ1) is 33.7. The Labute approximate surface area is 287 Å². The summed E-state index contributed by atoms with van der Waals surface area (Å²) >= 11 is 2.68. The summed E-state index contributed by atoms with van der Waals surface area (Å²) in [6.07, 6.45) is 2.09. The zero-order valence-corrected chi connectivity index (χ0v) is 27.9. The lowest BCUT2D eigenvalue weighted by atomic mass is 10.1. The van der Waals surface area contributed by atoms with Crippen molar-refractivity contribution >= 4 is 57.6 Å². The summed E-state index contributed by atoms with van der Waals surface area (Å²) in [5.41, 5.74) is 3.64. The van der Waals surface area contributed by atoms with E-state index in [-0.39, 0.29) is 11.6 Å². The fourth-order valence-corrected chi connectivity index (χ4v) is 6.74. The second-order valence-electron chi connectivity index (χ2n) is 10.4. The third-order valence-corrected chi connectivity index (χ3v) is 9.48. The zero-order chi connectivity index (χ0) is 33.9. The van der Waals surface area contributed by atoms with Gasteiger partial charge in [-0.05, 0) is 54.5 Å². The summed E-state index contributed by atoms with van der Waals surface area (Å²) in [7, 11) is 1.53. The van der Waals surface area contributed by atoms with Crippen molar-refractivity contribution in [3.05, 3.63) is 137 Å². The molecule has 1 atom stereocenters. The molecule has 3 N–H and O–H groups in total. The molecule has 3 amide bonds. The molecule has 5 rings (SSSR count). The minimum absolute atomic E-state index is 0.0244. The Bertz CT molecular complexity index is 1980. The monoisotopic (exact) mass is 672 g/mol. The molecule has 240 valence electrons. The number of hydrogen-bond acceptors (Lipinski definition) is 7. The molecule has 48 heavy (non-hydrogen) atoms. The van der Waals surface area contributed by atoms with E-state index in [4.69, 9.17) is 4.74 Å². The average molecular weight is 673 g/mol. The van der Waals surface area contributed by atoms with Crippen LogP contribution in [0.2, 0.25) is 0 Å². The highest BCUT2D eigenvalue weighted by atomic mass is 32.2. The van der Waals surface area contributed by atoms with Gasteiger partial charge in [-0.1, -0.05) is 79.7 Å². The predicted molar refractivity (Wildman–Crippen MR) is 193 cm³/mol. The molecule has 8 nitrogen and oxygen atoms in total. The number of amides is 3. The van der Waals surface area contributed by atoms with Gasteiger partial charge >= 0.3 is 0 Å². The maximum atomic E-state index is 13.6. The van der Waals surface area contributed by atoms with Crippen LogP contribution in [0.5, 0.6) is 5.75 Å². The molecule has 1 unspecified atom stereocenters. The first-order valence-electron chi connectivity index (χ1n) is 15.1. The van der Waals surface area contributed by atoms with Gasteiger partial charge in [0.25, 0.3) is 11.8 Å². The van der Waals surface area contributed by atoms with Gasteiger partial charge in [0.1, 0.15) is 22.5 Å². The summed E-state index contributed by atoms with van der Waals surface area (Å²) < 4.78 is 5.45. The zero-order valence-electron chi connectivity index (χ0n) is 26.2. The molecule has 4 aromatic carbocycles. The third-order valence-electron chi connectivity index (χ3n) is 7.23. The molecule has 0 bridgehead atoms. The van der Waals surface area contributed by atoms with Crippen LogP contribution in [0, 0.1) is 11.3 Å². The fraction of sp³-hybridized carbons (Fsp3) is 0.105. The quantitative estimate of drug-likeness (QED) is 0.0908. The van der Waals surface area contributed by atoms with Gasteiger partial charge in [0.2, 0.25) is 5.91 Å². The smallest absolute Gasteiger partial charge is 0.272 e. The number of thioether (sulfide) groups is 1. The average Bonchev–Trinajstić information content (AvgIpc) is 3.53. The lowest BCUT2D eigenvalue weighted by molar-refractivity contribution is -0.116. The maximum Gasteiger partial charge on any atom is 0.272 e. The van der Waals surface area contributed by atoms with Gasteiger partial charge in [-0.25, -0.2) is 0 Å². The summed E-state index contributed by atoms with van der Waals surface area (Å²) in [5, 5.41) is 20.4. The molecular formula is C38H32N4O4S2. The van der Waals surface area contributed by atoms with Crippen LogP contribution < -0.4 is 20.7 Å². The lowest BCUT2D eigenvalue weighted by Crippen LogP contribution is -2.30. The van der Waals surface area contributed by atoms with Gasteiger partial charge in [0, 0.05) is 32.7 Å². The van der Waals surface area contributed by atoms with E-state index in [1.165, 1.54) is 30.2 Å². The van der Waals surface area contributed by atoms with Crippen molar-refractivity contribution in [2.24, 2.45) is 0 Å². The first-order chi connectivity index (χ1) is 23.4. The van der Waals surface area contributed by atoms with Gasteiger partial charge in [0.15, 0.2) is 0 Å². The van der Waals surface area contributed by atoms with E-state index in [1.54, 1.807) is 66.7 Å². The van der Waals surface area contributed by atoms with Crippen LogP contribution in [0.3, 0.4) is 0 Å². The Morgan fingerprint density at radius 3 is 2.33 bits per heavy atom. The largest absolute Gasteiger partial charge is 0.496 e. The Morgan fingerprint density at radius 1 is 0.917 bits per heavy atom. The van der Waals surface area contributed by atoms with Crippen molar-refractivity contribution in [2.75, 3.05) is 17.7 Å². The molecule has 0 aliphatic carbocycles. The Balaban J connectivity index is 1.32. The molecule has 1 aromatic heterocycles. The van der Waals surface area contributed by atoms with Crippen LogP contribution in [0.25, 0.3) is 17.2 Å². The number of ether oxygens (including phenoxy) is 1. The van der Waals surface area contributed by atoms with E-state index < -0.39 is 17.1 Å². The fourth-order valence-electron chi connectivity index (χ4n) is 4.80. The molecular weight excluding hydrogens is 641 g/mol. The Morgan fingerprint density at radius 2 is 1.62 bits per heavy atom. The number of methoxy groups -OCH3 is 1. The summed E-state index contributed by atoms with van der Waals surface area (Å²) in [6, 6.07) is 34.8. The van der Waals surface area contributed by atoms with E-state index >= 15 is 0 Å². The molecule has 0 saturated heterocycles. The van der Waals surface area contributed by atoms with Gasteiger partial charge in [-0.2, -0.15) is 5.26 Å². The van der Waals surface area contributed by atoms with Crippen molar-refractivity contribution in [1.29, 1.82) is 5.26 Å². The normalized spacial score (nSPS) is 11.6. The molecule has 5 aromatic rings. The van der Waals surface area contributed by atoms with E-state index in [1.807, 2.05) is 60.8 Å². The SMILES string of the molecule is CCC(Sc1cccc(NC(=O)/C(=C\c2ccccc2OC)NC(=O)c2ccccc2)c1)C(=O)Nc1scc(-c2ccccc2)c1C#N. The van der Waals surface area contributed by atoms with Gasteiger partial charge in [-0.3, -0.25) is 14.4 Å². The van der Waals surface area contributed by atoms with Crippen molar-refractivity contribution in [1.82, 2.24) is 5.32 Å². The maximum absolute atomic E-state index is 13.6. The van der Waals surface area contributed by atoms with Crippen LogP contribution in [0.15, 0.2) is 125 Å². The highest BCUT2D eigenvalue weighted by molar-refractivity contribution is 8.00. The standard InChI is InChI=1S/C38H32N4O4S2/c1-3-34(37(45)42-38-30(23-39)31(24-47-38)25-13-6-4-7-14-25)48-29-19-12-18-28(22-29)40-36(44)32(21-27-17-10-11-20-33(27)46-2)41-35(43)26-15-8-5-9-16-26/h4-22,24,34H,3H2,1-2H3,(H,40,44)(H,41,43)(H,42,45)/b32-21+. The predicted octanol–water partition coefficient (Wildman–Crippen LogP) is 8.21. The number of benzene rings is 4. The molecule has 1 heterocycles. The van der Waals surface area contributed by atoms with E-state index in [9.17, 15) is 19.6 Å². The summed E-state index contributed by atoms with van der Waals surface area (Å²) in [5.74, 6) is -0.650. The molecule has 0 fully saturated rings. The second-order valence-corrected chi connectivity index (χ2v) is 12.6. The van der Waals surface area contributed by atoms with Crippen molar-refractivity contribution in [3.8, 4) is 22.9 Å². The van der Waals surface area contributed by atoms with Crippen molar-refractivity contribution < 1.29 is 19.1 Å². The van der Waals surface area contributed by atoms with E-state index in [0.29, 0.717) is 39.5 Å². The van der Waals surface area contributed by atoms with Crippen LogP contribution in [-0.4, -0.2) is 30.1 Å². The number of carbonyl (C=O) groups excluding carboxylic acids is 3. The van der Waals surface area contributed by atoms with Crippen molar-refractivity contribution in [3.63, 3.8) is 0 Å². The number of para-hydroxylation sites is 1. The van der Waals surface area contributed by atoms with Crippen LogP contribution in [0.1, 0.15) is 34.8 Å². The number of nitrogens with one attached hydrogen (secondary N) is 3. The van der Waals surface area contributed by atoms with Crippen LogP contribution in [0.4, 0.5) is 10.7 Å². The number of nitrogens with zero attached hydrogens (tertiary/aromatic N) is 1. The number of carbonyl (C=O) groups is 3. The number of thiophene rings is 1. The highest BCUT2D eigenvalue weighted by Gasteiger charge is 2.22. The summed E-state index contributed by atoms with van der Waals surface area (Å²) in [4.78, 5) is 40.8. The van der Waals surface area contributed by atoms with Gasteiger partial charge in [0.05, 0.1) is 17.9 Å². The van der Waals surface area contributed by atoms with Crippen molar-refractivity contribution in [2.45, 2.75) is 23.5 Å². The summed E-state index contributed by atoms with van der Waals surface area (Å²) in [6.45, 7) is 1.92. The lowest BCUT2D eigenvalue weighted by Gasteiger charge is -2.16. The highest BCUT2D eigenvalue weighted by Crippen LogP contribution is 2.36. The number of rotatable bonds is 12. The molecule has 0 saturated carbocycles. The Kier molecular flexibility index (Phi) is 11.4.